The zero-order valence-corrected chi connectivity index (χ0v) is 21.5. The quantitative estimate of drug-likeness (QED) is 0.286. The molecule has 0 saturated carbocycles. The monoisotopic (exact) mass is 496 g/mol. The standard InChI is InChI=1S/2C16H12N2O/c1-11-5-3-6-12(2)16(11)19-15-8-4-7-13(9-17)14(15)10-18;1-11-6-7-15(12(2)8-11)19-16-5-3-4-13(9-17)14(16)10-18/h2*3-8H,1-2H3. The summed E-state index contributed by atoms with van der Waals surface area (Å²) >= 11 is 0. The minimum absolute atomic E-state index is 0.268. The number of hydrogen-bond donors (Lipinski definition) is 0. The van der Waals surface area contributed by atoms with Gasteiger partial charge >= 0.3 is 0 Å². The van der Waals surface area contributed by atoms with Crippen LogP contribution >= 0.6 is 0 Å². The molecular formula is C32H24N4O2. The summed E-state index contributed by atoms with van der Waals surface area (Å²) in [6.07, 6.45) is 0. The fourth-order valence-electron chi connectivity index (χ4n) is 3.75. The topological polar surface area (TPSA) is 114 Å². The molecule has 6 nitrogen and oxygen atoms in total. The summed E-state index contributed by atoms with van der Waals surface area (Å²) in [5, 5.41) is 36.3. The van der Waals surface area contributed by atoms with Crippen LogP contribution in [-0.4, -0.2) is 0 Å². The van der Waals surface area contributed by atoms with Crippen LogP contribution in [0, 0.1) is 73.0 Å². The number of ether oxygens (including phenoxy) is 2. The average molecular weight is 497 g/mol. The van der Waals surface area contributed by atoms with Gasteiger partial charge in [0.25, 0.3) is 0 Å². The first-order valence-corrected chi connectivity index (χ1v) is 11.7. The molecule has 184 valence electrons. The molecule has 0 aliphatic carbocycles. The van der Waals surface area contributed by atoms with Gasteiger partial charge in [-0.3, -0.25) is 0 Å². The lowest BCUT2D eigenvalue weighted by molar-refractivity contribution is 0.473. The summed E-state index contributed by atoms with van der Waals surface area (Å²) in [5.74, 6) is 2.25. The van der Waals surface area contributed by atoms with Gasteiger partial charge in [0.15, 0.2) is 0 Å². The lowest BCUT2D eigenvalue weighted by Crippen LogP contribution is -1.95. The van der Waals surface area contributed by atoms with Gasteiger partial charge in [-0.1, -0.05) is 48.0 Å². The highest BCUT2D eigenvalue weighted by atomic mass is 16.5. The van der Waals surface area contributed by atoms with Gasteiger partial charge < -0.3 is 9.47 Å². The first kappa shape index (κ1) is 27.0. The minimum atomic E-state index is 0.268. The molecule has 4 aromatic rings. The third-order valence-electron chi connectivity index (χ3n) is 5.69. The molecule has 0 unspecified atom stereocenters. The summed E-state index contributed by atoms with van der Waals surface area (Å²) in [7, 11) is 0. The van der Waals surface area contributed by atoms with Crippen molar-refractivity contribution in [2.75, 3.05) is 0 Å². The molecule has 6 heteroatoms. The summed E-state index contributed by atoms with van der Waals surface area (Å²) in [6, 6.07) is 29.7. The van der Waals surface area contributed by atoms with Gasteiger partial charge in [-0.2, -0.15) is 21.0 Å². The van der Waals surface area contributed by atoms with Gasteiger partial charge in [0, 0.05) is 0 Å². The van der Waals surface area contributed by atoms with E-state index in [-0.39, 0.29) is 11.1 Å². The van der Waals surface area contributed by atoms with E-state index in [0.717, 1.165) is 28.0 Å². The summed E-state index contributed by atoms with van der Waals surface area (Å²) < 4.78 is 11.6. The summed E-state index contributed by atoms with van der Waals surface area (Å²) in [4.78, 5) is 0. The van der Waals surface area contributed by atoms with E-state index in [2.05, 4.69) is 0 Å². The second kappa shape index (κ2) is 12.4. The van der Waals surface area contributed by atoms with Crippen LogP contribution < -0.4 is 9.47 Å². The molecule has 0 aliphatic heterocycles. The lowest BCUT2D eigenvalue weighted by Gasteiger charge is -2.12. The summed E-state index contributed by atoms with van der Waals surface area (Å²) in [6.45, 7) is 7.85. The van der Waals surface area contributed by atoms with E-state index in [4.69, 9.17) is 30.5 Å². The zero-order valence-electron chi connectivity index (χ0n) is 21.5. The Labute approximate surface area is 222 Å². The van der Waals surface area contributed by atoms with Crippen molar-refractivity contribution < 1.29 is 9.47 Å². The van der Waals surface area contributed by atoms with E-state index in [1.807, 2.05) is 88.4 Å². The van der Waals surface area contributed by atoms with Crippen molar-refractivity contribution in [1.29, 1.82) is 21.0 Å². The molecule has 4 aromatic carbocycles. The molecule has 0 saturated heterocycles. The number of hydrogen-bond acceptors (Lipinski definition) is 6. The third kappa shape index (κ3) is 6.16. The molecule has 0 atom stereocenters. The van der Waals surface area contributed by atoms with Crippen molar-refractivity contribution in [3.8, 4) is 47.3 Å². The molecule has 0 spiro atoms. The molecule has 0 radical (unpaired) electrons. The van der Waals surface area contributed by atoms with Gasteiger partial charge in [0.2, 0.25) is 0 Å². The normalized spacial score (nSPS) is 9.47. The van der Waals surface area contributed by atoms with Gasteiger partial charge in [0.05, 0.1) is 11.1 Å². The highest BCUT2D eigenvalue weighted by Gasteiger charge is 2.13. The predicted molar refractivity (Wildman–Crippen MR) is 144 cm³/mol. The number of para-hydroxylation sites is 1. The molecule has 0 bridgehead atoms. The van der Waals surface area contributed by atoms with Crippen LogP contribution in [0.1, 0.15) is 44.5 Å². The highest BCUT2D eigenvalue weighted by Crippen LogP contribution is 2.32. The van der Waals surface area contributed by atoms with Crippen LogP contribution in [0.3, 0.4) is 0 Å². The van der Waals surface area contributed by atoms with Crippen molar-refractivity contribution in [1.82, 2.24) is 0 Å². The highest BCUT2D eigenvalue weighted by molar-refractivity contribution is 5.57. The Morgan fingerprint density at radius 2 is 1.00 bits per heavy atom. The van der Waals surface area contributed by atoms with Crippen molar-refractivity contribution in [3.63, 3.8) is 0 Å². The van der Waals surface area contributed by atoms with Crippen LogP contribution in [0.25, 0.3) is 0 Å². The van der Waals surface area contributed by atoms with Gasteiger partial charge in [-0.15, -0.1) is 0 Å². The molecule has 0 amide bonds. The number of benzene rings is 4. The Bertz CT molecular complexity index is 1640. The van der Waals surface area contributed by atoms with Crippen LogP contribution in [0.15, 0.2) is 72.8 Å². The van der Waals surface area contributed by atoms with Crippen LogP contribution in [0.4, 0.5) is 0 Å². The molecule has 0 N–H and O–H groups in total. The first-order chi connectivity index (χ1) is 18.3. The maximum atomic E-state index is 9.17. The fraction of sp³-hybridized carbons (Fsp3) is 0.125. The maximum Gasteiger partial charge on any atom is 0.146 e. The fourth-order valence-corrected chi connectivity index (χ4v) is 3.75. The van der Waals surface area contributed by atoms with Crippen molar-refractivity contribution in [2.24, 2.45) is 0 Å². The molecule has 0 aliphatic rings. The van der Waals surface area contributed by atoms with Gasteiger partial charge in [-0.05, 0) is 74.7 Å². The predicted octanol–water partition coefficient (Wildman–Crippen LogP) is 7.68. The zero-order chi connectivity index (χ0) is 27.7. The van der Waals surface area contributed by atoms with Gasteiger partial charge in [0.1, 0.15) is 58.4 Å². The Balaban J connectivity index is 0.000000211. The second-order valence-electron chi connectivity index (χ2n) is 8.50. The van der Waals surface area contributed by atoms with E-state index in [9.17, 15) is 0 Å². The van der Waals surface area contributed by atoms with E-state index >= 15 is 0 Å². The Hall–Kier alpha value is -5.56. The van der Waals surface area contributed by atoms with E-state index in [0.29, 0.717) is 28.4 Å². The molecule has 0 heterocycles. The third-order valence-corrected chi connectivity index (χ3v) is 5.69. The number of nitrogens with zero attached hydrogens (tertiary/aromatic N) is 4. The SMILES string of the molecule is Cc1ccc(Oc2cccc(C#N)c2C#N)c(C)c1.Cc1cccc(C)c1Oc1cccc(C#N)c1C#N. The number of aryl methyl sites for hydroxylation is 4. The molecule has 0 aromatic heterocycles. The van der Waals surface area contributed by atoms with E-state index in [1.54, 1.807) is 36.4 Å². The van der Waals surface area contributed by atoms with Crippen molar-refractivity contribution in [3.05, 3.63) is 117 Å². The van der Waals surface area contributed by atoms with Crippen LogP contribution in [-0.2, 0) is 0 Å². The van der Waals surface area contributed by atoms with E-state index in [1.165, 1.54) is 0 Å². The maximum absolute atomic E-state index is 9.17. The Morgan fingerprint density at radius 1 is 0.500 bits per heavy atom. The number of nitriles is 4. The van der Waals surface area contributed by atoms with Crippen LogP contribution in [0.5, 0.6) is 23.0 Å². The first-order valence-electron chi connectivity index (χ1n) is 11.7. The summed E-state index contributed by atoms with van der Waals surface area (Å²) in [5.41, 5.74) is 5.31. The van der Waals surface area contributed by atoms with Crippen LogP contribution in [0.2, 0.25) is 0 Å². The van der Waals surface area contributed by atoms with Crippen molar-refractivity contribution in [2.45, 2.75) is 27.7 Å². The molecule has 0 fully saturated rings. The Morgan fingerprint density at radius 3 is 1.47 bits per heavy atom. The van der Waals surface area contributed by atoms with Gasteiger partial charge in [-0.25, -0.2) is 0 Å². The Kier molecular flexibility index (Phi) is 8.83. The van der Waals surface area contributed by atoms with E-state index < -0.39 is 0 Å². The largest absolute Gasteiger partial charge is 0.456 e. The minimum Gasteiger partial charge on any atom is -0.456 e. The smallest absolute Gasteiger partial charge is 0.146 e. The molecule has 4 rings (SSSR count). The average Bonchev–Trinajstić information content (AvgIpc) is 2.92. The second-order valence-corrected chi connectivity index (χ2v) is 8.50. The van der Waals surface area contributed by atoms with Crippen molar-refractivity contribution >= 4 is 0 Å². The molecular weight excluding hydrogens is 472 g/mol. The molecule has 38 heavy (non-hydrogen) atoms. The lowest BCUT2D eigenvalue weighted by atomic mass is 10.1. The number of rotatable bonds is 4.